The van der Waals surface area contributed by atoms with E-state index < -0.39 is 0 Å². The summed E-state index contributed by atoms with van der Waals surface area (Å²) in [5.74, 6) is 0.896. The minimum atomic E-state index is 0.583. The van der Waals surface area contributed by atoms with Crippen molar-refractivity contribution in [3.05, 3.63) is 62.2 Å². The van der Waals surface area contributed by atoms with Crippen molar-refractivity contribution < 1.29 is 4.42 Å². The van der Waals surface area contributed by atoms with E-state index in [1.165, 1.54) is 0 Å². The number of halogens is 3. The lowest BCUT2D eigenvalue weighted by molar-refractivity contribution is 0.573. The summed E-state index contributed by atoms with van der Waals surface area (Å²) in [6.45, 7) is 2.56. The average molecular weight is 385 g/mol. The highest BCUT2D eigenvalue weighted by atomic mass is 79.9. The highest BCUT2D eigenvalue weighted by Crippen LogP contribution is 2.35. The van der Waals surface area contributed by atoms with E-state index in [0.29, 0.717) is 16.6 Å². The minimum absolute atomic E-state index is 0.583. The van der Waals surface area contributed by atoms with E-state index in [4.69, 9.17) is 27.6 Å². The molecule has 0 aliphatic rings. The van der Waals surface area contributed by atoms with Crippen molar-refractivity contribution in [1.29, 1.82) is 0 Å². The van der Waals surface area contributed by atoms with Crippen LogP contribution in [0.1, 0.15) is 11.3 Å². The van der Waals surface area contributed by atoms with Crippen molar-refractivity contribution in [2.75, 3.05) is 5.32 Å². The fraction of sp³-hybridized carbons (Fsp3) is 0.125. The van der Waals surface area contributed by atoms with Crippen LogP contribution in [0.25, 0.3) is 11.0 Å². The Kier molecular flexibility index (Phi) is 4.16. The molecule has 0 aliphatic heterocycles. The molecule has 0 saturated carbocycles. The molecule has 1 N–H and O–H groups in total. The first kappa shape index (κ1) is 14.8. The van der Waals surface area contributed by atoms with Crippen LogP contribution < -0.4 is 5.32 Å². The first-order valence-corrected chi connectivity index (χ1v) is 7.96. The molecule has 108 valence electrons. The number of hydrogen-bond donors (Lipinski definition) is 1. The number of nitrogens with one attached hydrogen (secondary N) is 1. The van der Waals surface area contributed by atoms with Crippen LogP contribution in [0.2, 0.25) is 10.0 Å². The van der Waals surface area contributed by atoms with E-state index in [9.17, 15) is 0 Å². The normalized spacial score (nSPS) is 11.0. The maximum Gasteiger partial charge on any atom is 0.134 e. The number of benzene rings is 2. The number of fused-ring (bicyclic) bond motifs is 1. The molecule has 2 aromatic carbocycles. The zero-order chi connectivity index (χ0) is 15.0. The zero-order valence-corrected chi connectivity index (χ0v) is 14.3. The van der Waals surface area contributed by atoms with Gasteiger partial charge in [0.1, 0.15) is 11.3 Å². The highest BCUT2D eigenvalue weighted by Gasteiger charge is 2.12. The van der Waals surface area contributed by atoms with Gasteiger partial charge in [-0.15, -0.1) is 0 Å². The Balaban J connectivity index is 1.92. The monoisotopic (exact) mass is 383 g/mol. The summed E-state index contributed by atoms with van der Waals surface area (Å²) in [5, 5.41) is 5.57. The van der Waals surface area contributed by atoms with Gasteiger partial charge in [0.25, 0.3) is 0 Å². The molecule has 0 bridgehead atoms. The third-order valence-corrected chi connectivity index (χ3v) is 4.40. The average Bonchev–Trinajstić information content (AvgIpc) is 2.73. The van der Waals surface area contributed by atoms with Gasteiger partial charge >= 0.3 is 0 Å². The van der Waals surface area contributed by atoms with E-state index in [1.807, 2.05) is 43.3 Å². The number of rotatable bonds is 3. The second-order valence-corrected chi connectivity index (χ2v) is 6.46. The van der Waals surface area contributed by atoms with Crippen molar-refractivity contribution in [3.63, 3.8) is 0 Å². The Labute approximate surface area is 141 Å². The van der Waals surface area contributed by atoms with Crippen molar-refractivity contribution >= 4 is 55.8 Å². The molecule has 0 saturated heterocycles. The second kappa shape index (κ2) is 5.91. The predicted molar refractivity (Wildman–Crippen MR) is 92.4 cm³/mol. The van der Waals surface area contributed by atoms with E-state index in [1.54, 1.807) is 0 Å². The van der Waals surface area contributed by atoms with Gasteiger partial charge in [0.15, 0.2) is 0 Å². The molecule has 1 heterocycles. The van der Waals surface area contributed by atoms with Crippen LogP contribution in [0.15, 0.2) is 45.3 Å². The van der Waals surface area contributed by atoms with Crippen LogP contribution in [-0.4, -0.2) is 0 Å². The largest absolute Gasteiger partial charge is 0.461 e. The second-order valence-electron chi connectivity index (χ2n) is 4.73. The summed E-state index contributed by atoms with van der Waals surface area (Å²) in [6, 6.07) is 11.6. The van der Waals surface area contributed by atoms with E-state index in [0.717, 1.165) is 32.5 Å². The standard InChI is InChI=1S/C16H12BrCl2NO/c1-9-12(11-4-2-3-5-15(11)21-9)8-20-16-13(18)6-10(17)7-14(16)19/h2-7,20H,8H2,1H3. The first-order valence-electron chi connectivity index (χ1n) is 6.41. The Morgan fingerprint density at radius 3 is 2.52 bits per heavy atom. The smallest absolute Gasteiger partial charge is 0.134 e. The highest BCUT2D eigenvalue weighted by molar-refractivity contribution is 9.10. The topological polar surface area (TPSA) is 25.2 Å². The minimum Gasteiger partial charge on any atom is -0.461 e. The number of furan rings is 1. The Hall–Kier alpha value is -1.16. The third kappa shape index (κ3) is 2.91. The predicted octanol–water partition coefficient (Wildman–Crippen LogP) is 6.42. The molecule has 0 fully saturated rings. The molecule has 3 aromatic rings. The van der Waals surface area contributed by atoms with Crippen LogP contribution in [0.4, 0.5) is 5.69 Å². The quantitative estimate of drug-likeness (QED) is 0.563. The van der Waals surface area contributed by atoms with Gasteiger partial charge in [0.2, 0.25) is 0 Å². The fourth-order valence-electron chi connectivity index (χ4n) is 2.33. The van der Waals surface area contributed by atoms with Gasteiger partial charge in [-0.25, -0.2) is 0 Å². The summed E-state index contributed by atoms with van der Waals surface area (Å²) < 4.78 is 6.61. The lowest BCUT2D eigenvalue weighted by atomic mass is 10.1. The maximum absolute atomic E-state index is 6.23. The van der Waals surface area contributed by atoms with Gasteiger partial charge in [-0.1, -0.05) is 57.3 Å². The molecule has 0 unspecified atom stereocenters. The van der Waals surface area contributed by atoms with Crippen molar-refractivity contribution in [2.24, 2.45) is 0 Å². The molecule has 0 atom stereocenters. The Bertz CT molecular complexity index is 790. The summed E-state index contributed by atoms with van der Waals surface area (Å²) in [4.78, 5) is 0. The summed E-state index contributed by atoms with van der Waals surface area (Å²) in [5.41, 5.74) is 2.73. The molecule has 3 rings (SSSR count). The van der Waals surface area contributed by atoms with Gasteiger partial charge in [0.05, 0.1) is 15.7 Å². The van der Waals surface area contributed by atoms with Crippen molar-refractivity contribution in [3.8, 4) is 0 Å². The molecular formula is C16H12BrCl2NO. The Morgan fingerprint density at radius 2 is 1.81 bits per heavy atom. The van der Waals surface area contributed by atoms with Gasteiger partial charge in [-0.2, -0.15) is 0 Å². The first-order chi connectivity index (χ1) is 10.1. The van der Waals surface area contributed by atoms with Crippen LogP contribution in [0.3, 0.4) is 0 Å². The van der Waals surface area contributed by atoms with Gasteiger partial charge in [-0.3, -0.25) is 0 Å². The molecule has 0 aliphatic carbocycles. The molecule has 0 amide bonds. The molecule has 2 nitrogen and oxygen atoms in total. The van der Waals surface area contributed by atoms with E-state index in [-0.39, 0.29) is 0 Å². The number of anilines is 1. The molecule has 0 spiro atoms. The van der Waals surface area contributed by atoms with Gasteiger partial charge in [0, 0.05) is 22.0 Å². The molecule has 0 radical (unpaired) electrons. The van der Waals surface area contributed by atoms with Gasteiger partial charge < -0.3 is 9.73 Å². The number of aryl methyl sites for hydroxylation is 1. The summed E-state index contributed by atoms with van der Waals surface area (Å²) >= 11 is 15.8. The van der Waals surface area contributed by atoms with Crippen molar-refractivity contribution in [1.82, 2.24) is 0 Å². The molecule has 1 aromatic heterocycles. The van der Waals surface area contributed by atoms with Crippen LogP contribution in [0, 0.1) is 6.92 Å². The van der Waals surface area contributed by atoms with E-state index >= 15 is 0 Å². The fourth-order valence-corrected chi connectivity index (χ4v) is 3.67. The number of hydrogen-bond acceptors (Lipinski definition) is 2. The zero-order valence-electron chi connectivity index (χ0n) is 11.2. The lowest BCUT2D eigenvalue weighted by Crippen LogP contribution is -2.01. The van der Waals surface area contributed by atoms with Crippen LogP contribution in [0.5, 0.6) is 0 Å². The van der Waals surface area contributed by atoms with E-state index in [2.05, 4.69) is 21.2 Å². The SMILES string of the molecule is Cc1oc2ccccc2c1CNc1c(Cl)cc(Br)cc1Cl. The molecule has 5 heteroatoms. The summed E-state index contributed by atoms with van der Waals surface area (Å²) in [6.07, 6.45) is 0. The maximum atomic E-state index is 6.23. The van der Waals surface area contributed by atoms with Crippen LogP contribution in [-0.2, 0) is 6.54 Å². The number of para-hydroxylation sites is 1. The van der Waals surface area contributed by atoms with Crippen molar-refractivity contribution in [2.45, 2.75) is 13.5 Å². The third-order valence-electron chi connectivity index (χ3n) is 3.35. The van der Waals surface area contributed by atoms with Gasteiger partial charge in [-0.05, 0) is 25.1 Å². The van der Waals surface area contributed by atoms with Crippen LogP contribution >= 0.6 is 39.1 Å². The Morgan fingerprint density at radius 1 is 1.14 bits per heavy atom. The molecule has 21 heavy (non-hydrogen) atoms. The summed E-state index contributed by atoms with van der Waals surface area (Å²) in [7, 11) is 0. The molecular weight excluding hydrogens is 373 g/mol. The lowest BCUT2D eigenvalue weighted by Gasteiger charge is -2.11.